The largest absolute Gasteiger partial charge is 0.322 e. The number of nitrogens with zero attached hydrogens (tertiary/aromatic N) is 2. The average Bonchev–Trinajstić information content (AvgIpc) is 3.22. The number of nitrogens with one attached hydrogen (secondary N) is 2. The number of carbonyl (C=O) groups is 1. The molecule has 132 valence electrons. The highest BCUT2D eigenvalue weighted by molar-refractivity contribution is 6.30. The van der Waals surface area contributed by atoms with Gasteiger partial charge in [0.25, 0.3) is 0 Å². The zero-order chi connectivity index (χ0) is 17.4. The third-order valence-corrected chi connectivity index (χ3v) is 5.66. The highest BCUT2D eigenvalue weighted by Crippen LogP contribution is 2.37. The average molecular weight is 359 g/mol. The molecule has 0 unspecified atom stereocenters. The number of urea groups is 1. The highest BCUT2D eigenvalue weighted by atomic mass is 35.5. The molecule has 2 aliphatic rings. The molecule has 1 atom stereocenters. The molecule has 1 aromatic heterocycles. The van der Waals surface area contributed by atoms with Crippen LogP contribution in [0.25, 0.3) is 0 Å². The highest BCUT2D eigenvalue weighted by Gasteiger charge is 2.33. The van der Waals surface area contributed by atoms with Crippen molar-refractivity contribution in [3.05, 3.63) is 46.2 Å². The van der Waals surface area contributed by atoms with Crippen LogP contribution in [0.2, 0.25) is 5.02 Å². The summed E-state index contributed by atoms with van der Waals surface area (Å²) < 4.78 is 0. The quantitative estimate of drug-likeness (QED) is 0.817. The molecule has 6 heteroatoms. The Hall–Kier alpha value is -2.01. The minimum atomic E-state index is -0.0843. The van der Waals surface area contributed by atoms with Crippen LogP contribution in [-0.2, 0) is 13.0 Å². The molecular weight excluding hydrogens is 336 g/mol. The Morgan fingerprint density at radius 1 is 1.36 bits per heavy atom. The van der Waals surface area contributed by atoms with Crippen LogP contribution in [0.15, 0.2) is 24.3 Å². The Kier molecular flexibility index (Phi) is 4.42. The van der Waals surface area contributed by atoms with Crippen LogP contribution in [0.1, 0.15) is 55.5 Å². The van der Waals surface area contributed by atoms with Gasteiger partial charge >= 0.3 is 6.03 Å². The summed E-state index contributed by atoms with van der Waals surface area (Å²) in [6.07, 6.45) is 5.80. The van der Waals surface area contributed by atoms with Crippen molar-refractivity contribution in [2.24, 2.45) is 0 Å². The van der Waals surface area contributed by atoms with Crippen molar-refractivity contribution in [3.63, 3.8) is 0 Å². The molecule has 2 N–H and O–H groups in total. The Bertz CT molecular complexity index is 781. The molecule has 5 nitrogen and oxygen atoms in total. The maximum atomic E-state index is 12.8. The lowest BCUT2D eigenvalue weighted by Gasteiger charge is -2.33. The summed E-state index contributed by atoms with van der Waals surface area (Å²) in [4.78, 5) is 14.7. The first kappa shape index (κ1) is 16.5. The van der Waals surface area contributed by atoms with E-state index in [9.17, 15) is 4.79 Å². The summed E-state index contributed by atoms with van der Waals surface area (Å²) in [7, 11) is 0. The molecule has 0 saturated heterocycles. The Labute approximate surface area is 152 Å². The molecule has 4 rings (SSSR count). The van der Waals surface area contributed by atoms with Crippen LogP contribution in [-0.4, -0.2) is 27.2 Å². The zero-order valence-corrected chi connectivity index (χ0v) is 15.1. The van der Waals surface area contributed by atoms with Gasteiger partial charge in [0.2, 0.25) is 0 Å². The number of aromatic amines is 1. The Morgan fingerprint density at radius 3 is 2.92 bits per heavy atom. The van der Waals surface area contributed by atoms with E-state index in [2.05, 4.69) is 22.4 Å². The second kappa shape index (κ2) is 6.71. The van der Waals surface area contributed by atoms with Gasteiger partial charge in [-0.05, 0) is 38.0 Å². The van der Waals surface area contributed by atoms with Crippen LogP contribution < -0.4 is 5.32 Å². The summed E-state index contributed by atoms with van der Waals surface area (Å²) in [6, 6.07) is 7.30. The second-order valence-electron chi connectivity index (χ2n) is 7.17. The van der Waals surface area contributed by atoms with Crippen molar-refractivity contribution in [1.29, 1.82) is 0 Å². The lowest BCUT2D eigenvalue weighted by Crippen LogP contribution is -2.44. The van der Waals surface area contributed by atoms with Gasteiger partial charge in [0.1, 0.15) is 0 Å². The third kappa shape index (κ3) is 3.25. The molecule has 0 bridgehead atoms. The van der Waals surface area contributed by atoms with Crippen LogP contribution >= 0.6 is 11.6 Å². The van der Waals surface area contributed by atoms with Gasteiger partial charge < -0.3 is 10.2 Å². The molecule has 0 spiro atoms. The van der Waals surface area contributed by atoms with E-state index in [1.807, 2.05) is 17.0 Å². The van der Waals surface area contributed by atoms with Gasteiger partial charge in [0.15, 0.2) is 0 Å². The monoisotopic (exact) mass is 358 g/mol. The first-order chi connectivity index (χ1) is 12.1. The number of hydrogen-bond donors (Lipinski definition) is 2. The number of fused-ring (bicyclic) bond motifs is 1. The van der Waals surface area contributed by atoms with Gasteiger partial charge in [-0.15, -0.1) is 0 Å². The summed E-state index contributed by atoms with van der Waals surface area (Å²) >= 11 is 6.01. The minimum absolute atomic E-state index is 0.0843. The summed E-state index contributed by atoms with van der Waals surface area (Å²) in [5.41, 5.74) is 4.33. The number of hydrogen-bond acceptors (Lipinski definition) is 2. The lowest BCUT2D eigenvalue weighted by atomic mass is 9.94. The normalized spacial score (nSPS) is 20.6. The lowest BCUT2D eigenvalue weighted by molar-refractivity contribution is 0.181. The standard InChI is InChI=1S/C19H23ClN4O/c1-12-9-17-16(18(23-22-17)13-5-2-3-6-13)11-24(12)19(25)21-15-8-4-7-14(20)10-15/h4,7-8,10,12-13H,2-3,5-6,9,11H2,1H3,(H,21,25)(H,22,23)/t12-/m1/s1. The van der Waals surface area contributed by atoms with Gasteiger partial charge in [0, 0.05) is 40.3 Å². The molecule has 1 fully saturated rings. The Balaban J connectivity index is 1.53. The van der Waals surface area contributed by atoms with Crippen molar-refractivity contribution in [2.45, 2.75) is 57.5 Å². The van der Waals surface area contributed by atoms with Gasteiger partial charge in [-0.25, -0.2) is 4.79 Å². The number of aromatic nitrogens is 2. The summed E-state index contributed by atoms with van der Waals surface area (Å²) in [6.45, 7) is 2.70. The van der Waals surface area contributed by atoms with E-state index in [0.29, 0.717) is 17.5 Å². The predicted octanol–water partition coefficient (Wildman–Crippen LogP) is 4.70. The fourth-order valence-corrected chi connectivity index (χ4v) is 4.26. The molecule has 1 aliphatic heterocycles. The summed E-state index contributed by atoms with van der Waals surface area (Å²) in [5, 5.41) is 11.4. The van der Waals surface area contributed by atoms with Crippen molar-refractivity contribution in [3.8, 4) is 0 Å². The third-order valence-electron chi connectivity index (χ3n) is 5.42. The molecule has 2 amide bonds. The van der Waals surface area contributed by atoms with Crippen LogP contribution in [0.5, 0.6) is 0 Å². The summed E-state index contributed by atoms with van der Waals surface area (Å²) in [5.74, 6) is 0.547. The first-order valence-corrected chi connectivity index (χ1v) is 9.39. The van der Waals surface area contributed by atoms with Crippen molar-refractivity contribution in [2.75, 3.05) is 5.32 Å². The van der Waals surface area contributed by atoms with Crippen molar-refractivity contribution in [1.82, 2.24) is 15.1 Å². The van der Waals surface area contributed by atoms with Crippen molar-refractivity contribution < 1.29 is 4.79 Å². The molecule has 1 aromatic carbocycles. The maximum Gasteiger partial charge on any atom is 0.322 e. The molecule has 0 radical (unpaired) electrons. The number of carbonyl (C=O) groups excluding carboxylic acids is 1. The number of benzene rings is 1. The van der Waals surface area contributed by atoms with Crippen LogP contribution in [0, 0.1) is 0 Å². The molecular formula is C19H23ClN4O. The molecule has 2 aromatic rings. The smallest absolute Gasteiger partial charge is 0.317 e. The number of H-pyrrole nitrogens is 1. The predicted molar refractivity (Wildman–Crippen MR) is 99.0 cm³/mol. The number of rotatable bonds is 2. The van der Waals surface area contributed by atoms with Crippen LogP contribution in [0.4, 0.5) is 10.5 Å². The van der Waals surface area contributed by atoms with E-state index in [-0.39, 0.29) is 12.1 Å². The van der Waals surface area contributed by atoms with E-state index in [1.54, 1.807) is 12.1 Å². The molecule has 1 saturated carbocycles. The molecule has 25 heavy (non-hydrogen) atoms. The fraction of sp³-hybridized carbons (Fsp3) is 0.474. The second-order valence-corrected chi connectivity index (χ2v) is 7.61. The van der Waals surface area contributed by atoms with E-state index in [0.717, 1.165) is 12.1 Å². The minimum Gasteiger partial charge on any atom is -0.317 e. The number of anilines is 1. The van der Waals surface area contributed by atoms with Gasteiger partial charge in [0.05, 0.1) is 12.2 Å². The van der Waals surface area contributed by atoms with Gasteiger partial charge in [-0.1, -0.05) is 30.5 Å². The van der Waals surface area contributed by atoms with E-state index >= 15 is 0 Å². The Morgan fingerprint density at radius 2 is 2.16 bits per heavy atom. The first-order valence-electron chi connectivity index (χ1n) is 9.01. The van der Waals surface area contributed by atoms with Crippen LogP contribution in [0.3, 0.4) is 0 Å². The number of halogens is 1. The number of amides is 2. The zero-order valence-electron chi connectivity index (χ0n) is 14.4. The SMILES string of the molecule is C[C@@H]1Cc2[nH]nc(C3CCCC3)c2CN1C(=O)Nc1cccc(Cl)c1. The van der Waals surface area contributed by atoms with E-state index in [1.165, 1.54) is 42.6 Å². The van der Waals surface area contributed by atoms with Gasteiger partial charge in [-0.2, -0.15) is 5.10 Å². The van der Waals surface area contributed by atoms with Crippen molar-refractivity contribution >= 4 is 23.3 Å². The van der Waals surface area contributed by atoms with Gasteiger partial charge in [-0.3, -0.25) is 5.10 Å². The van der Waals surface area contributed by atoms with E-state index < -0.39 is 0 Å². The van der Waals surface area contributed by atoms with E-state index in [4.69, 9.17) is 11.6 Å². The maximum absolute atomic E-state index is 12.8. The fourth-order valence-electron chi connectivity index (χ4n) is 4.06. The molecule has 1 aliphatic carbocycles. The topological polar surface area (TPSA) is 61.0 Å². The molecule has 2 heterocycles.